The number of rotatable bonds is 10. The monoisotopic (exact) mass is 400 g/mol. The molecule has 0 bridgehead atoms. The van der Waals surface area contributed by atoms with Crippen LogP contribution in [0.5, 0.6) is 5.75 Å². The number of halogens is 1. The Bertz CT molecular complexity index is 776. The molecule has 5 nitrogen and oxygen atoms in total. The first-order valence-corrected chi connectivity index (χ1v) is 10.00. The second-order valence-corrected chi connectivity index (χ2v) is 7.44. The van der Waals surface area contributed by atoms with Crippen LogP contribution in [0.25, 0.3) is 0 Å². The molecule has 148 valence electrons. The Labute approximate surface area is 170 Å². The van der Waals surface area contributed by atoms with Gasteiger partial charge in [-0.1, -0.05) is 41.9 Å². The van der Waals surface area contributed by atoms with Gasteiger partial charge in [0, 0.05) is 23.9 Å². The highest BCUT2D eigenvalue weighted by molar-refractivity contribution is 6.30. The van der Waals surface area contributed by atoms with Gasteiger partial charge in [0.2, 0.25) is 11.8 Å². The Morgan fingerprint density at radius 2 is 1.79 bits per heavy atom. The molecule has 0 aliphatic heterocycles. The van der Waals surface area contributed by atoms with Crippen LogP contribution in [0.15, 0.2) is 54.6 Å². The summed E-state index contributed by atoms with van der Waals surface area (Å²) in [6.07, 6.45) is 3.37. The van der Waals surface area contributed by atoms with Crippen molar-refractivity contribution in [2.24, 2.45) is 0 Å². The molecule has 1 fully saturated rings. The molecule has 3 rings (SSSR count). The smallest absolute Gasteiger partial charge is 0.243 e. The summed E-state index contributed by atoms with van der Waals surface area (Å²) in [7, 11) is 0. The number of nitrogens with one attached hydrogen (secondary N) is 2. The quantitative estimate of drug-likeness (QED) is 0.600. The third-order valence-corrected chi connectivity index (χ3v) is 4.74. The molecule has 0 saturated heterocycles. The summed E-state index contributed by atoms with van der Waals surface area (Å²) in [4.78, 5) is 24.9. The Balaban J connectivity index is 1.45. The number of carbonyl (C=O) groups is 2. The van der Waals surface area contributed by atoms with Gasteiger partial charge in [-0.2, -0.15) is 0 Å². The van der Waals surface area contributed by atoms with Gasteiger partial charge < -0.3 is 15.4 Å². The van der Waals surface area contributed by atoms with Crippen LogP contribution >= 0.6 is 11.6 Å². The molecular formula is C22H25ClN2O3. The fraction of sp³-hybridized carbons (Fsp3) is 0.364. The van der Waals surface area contributed by atoms with Crippen LogP contribution in [0.4, 0.5) is 0 Å². The maximum Gasteiger partial charge on any atom is 0.243 e. The predicted molar refractivity (Wildman–Crippen MR) is 109 cm³/mol. The lowest BCUT2D eigenvalue weighted by atomic mass is 10.0. The van der Waals surface area contributed by atoms with Crippen molar-refractivity contribution in [3.8, 4) is 5.75 Å². The van der Waals surface area contributed by atoms with Gasteiger partial charge in [0.15, 0.2) is 0 Å². The van der Waals surface area contributed by atoms with Gasteiger partial charge >= 0.3 is 0 Å². The van der Waals surface area contributed by atoms with Gasteiger partial charge in [-0.3, -0.25) is 9.59 Å². The SMILES string of the molecule is O=C(CCCOc1ccc(Cl)cc1)NC(Cc1ccccc1)C(=O)NC1CC1. The van der Waals surface area contributed by atoms with E-state index in [1.165, 1.54) is 0 Å². The molecule has 0 aromatic heterocycles. The maximum absolute atomic E-state index is 12.5. The van der Waals surface area contributed by atoms with Crippen LogP contribution in [-0.2, 0) is 16.0 Å². The Kier molecular flexibility index (Phi) is 7.31. The highest BCUT2D eigenvalue weighted by atomic mass is 35.5. The fourth-order valence-corrected chi connectivity index (χ4v) is 2.93. The lowest BCUT2D eigenvalue weighted by molar-refractivity contribution is -0.129. The Morgan fingerprint density at radius 1 is 1.07 bits per heavy atom. The minimum absolute atomic E-state index is 0.114. The molecule has 0 heterocycles. The first kappa shape index (κ1) is 20.2. The predicted octanol–water partition coefficient (Wildman–Crippen LogP) is 3.51. The van der Waals surface area contributed by atoms with Gasteiger partial charge in [0.25, 0.3) is 0 Å². The van der Waals surface area contributed by atoms with Crippen molar-refractivity contribution >= 4 is 23.4 Å². The average molecular weight is 401 g/mol. The molecule has 1 unspecified atom stereocenters. The number of hydrogen-bond donors (Lipinski definition) is 2. The van der Waals surface area contributed by atoms with E-state index in [1.54, 1.807) is 24.3 Å². The summed E-state index contributed by atoms with van der Waals surface area (Å²) in [5.41, 5.74) is 1.02. The standard InChI is InChI=1S/C22H25ClN2O3/c23-17-8-12-19(13-9-17)28-14-4-7-21(26)25-20(22(27)24-18-10-11-18)15-16-5-2-1-3-6-16/h1-3,5-6,8-9,12-13,18,20H,4,7,10-11,14-15H2,(H,24,27)(H,25,26). The van der Waals surface area contributed by atoms with Gasteiger partial charge in [-0.05, 0) is 49.1 Å². The Morgan fingerprint density at radius 3 is 2.46 bits per heavy atom. The number of carbonyl (C=O) groups excluding carboxylic acids is 2. The number of hydrogen-bond acceptors (Lipinski definition) is 3. The molecule has 0 radical (unpaired) electrons. The molecule has 1 atom stereocenters. The van der Waals surface area contributed by atoms with Crippen molar-refractivity contribution in [3.05, 3.63) is 65.2 Å². The summed E-state index contributed by atoms with van der Waals surface area (Å²) >= 11 is 5.84. The van der Waals surface area contributed by atoms with Crippen LogP contribution < -0.4 is 15.4 Å². The summed E-state index contributed by atoms with van der Waals surface area (Å²) in [5, 5.41) is 6.52. The summed E-state index contributed by atoms with van der Waals surface area (Å²) in [6.45, 7) is 0.423. The lowest BCUT2D eigenvalue weighted by Gasteiger charge is -2.18. The molecule has 2 aromatic rings. The summed E-state index contributed by atoms with van der Waals surface area (Å²) in [5.74, 6) is 0.458. The minimum atomic E-state index is -0.562. The van der Waals surface area contributed by atoms with Crippen molar-refractivity contribution < 1.29 is 14.3 Å². The van der Waals surface area contributed by atoms with Crippen molar-refractivity contribution in [2.45, 2.75) is 44.2 Å². The van der Waals surface area contributed by atoms with Gasteiger partial charge in [0.1, 0.15) is 11.8 Å². The van der Waals surface area contributed by atoms with E-state index >= 15 is 0 Å². The molecular weight excluding hydrogens is 376 g/mol. The number of amides is 2. The highest BCUT2D eigenvalue weighted by Crippen LogP contribution is 2.19. The van der Waals surface area contributed by atoms with E-state index in [-0.39, 0.29) is 17.9 Å². The Hall–Kier alpha value is -2.53. The summed E-state index contributed by atoms with van der Waals surface area (Å²) in [6, 6.07) is 16.5. The molecule has 1 saturated carbocycles. The third-order valence-electron chi connectivity index (χ3n) is 4.49. The zero-order valence-corrected chi connectivity index (χ0v) is 16.5. The first-order chi connectivity index (χ1) is 13.6. The zero-order chi connectivity index (χ0) is 19.8. The van der Waals surface area contributed by atoms with E-state index in [0.29, 0.717) is 30.9 Å². The number of benzene rings is 2. The van der Waals surface area contributed by atoms with Gasteiger partial charge in [0.05, 0.1) is 6.61 Å². The second kappa shape index (κ2) is 10.1. The van der Waals surface area contributed by atoms with E-state index in [1.807, 2.05) is 30.3 Å². The molecule has 1 aliphatic carbocycles. The van der Waals surface area contributed by atoms with Crippen molar-refractivity contribution in [2.75, 3.05) is 6.61 Å². The van der Waals surface area contributed by atoms with Crippen LogP contribution in [0, 0.1) is 0 Å². The maximum atomic E-state index is 12.5. The van der Waals surface area contributed by atoms with Gasteiger partial charge in [-0.15, -0.1) is 0 Å². The molecule has 2 aromatic carbocycles. The highest BCUT2D eigenvalue weighted by Gasteiger charge is 2.28. The van der Waals surface area contributed by atoms with E-state index in [0.717, 1.165) is 24.2 Å². The molecule has 2 amide bonds. The van der Waals surface area contributed by atoms with Crippen LogP contribution in [-0.4, -0.2) is 30.5 Å². The first-order valence-electron chi connectivity index (χ1n) is 9.62. The molecule has 2 N–H and O–H groups in total. The average Bonchev–Trinajstić information content (AvgIpc) is 3.51. The van der Waals surface area contributed by atoms with E-state index in [9.17, 15) is 9.59 Å². The van der Waals surface area contributed by atoms with Crippen LogP contribution in [0.1, 0.15) is 31.2 Å². The van der Waals surface area contributed by atoms with Crippen molar-refractivity contribution in [1.29, 1.82) is 0 Å². The van der Waals surface area contributed by atoms with Crippen LogP contribution in [0.2, 0.25) is 5.02 Å². The third kappa shape index (κ3) is 6.89. The largest absolute Gasteiger partial charge is 0.494 e. The lowest BCUT2D eigenvalue weighted by Crippen LogP contribution is -2.48. The minimum Gasteiger partial charge on any atom is -0.494 e. The van der Waals surface area contributed by atoms with E-state index in [2.05, 4.69) is 10.6 Å². The topological polar surface area (TPSA) is 67.4 Å². The van der Waals surface area contributed by atoms with E-state index < -0.39 is 6.04 Å². The zero-order valence-electron chi connectivity index (χ0n) is 15.7. The molecule has 28 heavy (non-hydrogen) atoms. The van der Waals surface area contributed by atoms with Crippen molar-refractivity contribution in [3.63, 3.8) is 0 Å². The second-order valence-electron chi connectivity index (χ2n) is 7.00. The number of ether oxygens (including phenoxy) is 1. The van der Waals surface area contributed by atoms with Crippen LogP contribution in [0.3, 0.4) is 0 Å². The normalized spacial score (nSPS) is 14.2. The molecule has 1 aliphatic rings. The van der Waals surface area contributed by atoms with E-state index in [4.69, 9.17) is 16.3 Å². The fourth-order valence-electron chi connectivity index (χ4n) is 2.81. The van der Waals surface area contributed by atoms with Crippen molar-refractivity contribution in [1.82, 2.24) is 10.6 Å². The molecule has 6 heteroatoms. The summed E-state index contributed by atoms with van der Waals surface area (Å²) < 4.78 is 5.60. The molecule has 0 spiro atoms. The van der Waals surface area contributed by atoms with Gasteiger partial charge in [-0.25, -0.2) is 0 Å².